The molecule has 0 aliphatic heterocycles. The van der Waals surface area contributed by atoms with E-state index in [4.69, 9.17) is 0 Å². The van der Waals surface area contributed by atoms with Crippen LogP contribution in [0, 0.1) is 0 Å². The number of rotatable bonds is 3. The minimum absolute atomic E-state index is 0.0116. The smallest absolute Gasteiger partial charge is 0.186 e. The van der Waals surface area contributed by atoms with Gasteiger partial charge < -0.3 is 0 Å². The predicted molar refractivity (Wildman–Crippen MR) is 81.6 cm³/mol. The molecule has 0 aliphatic rings. The first-order chi connectivity index (χ1) is 8.66. The molecule has 0 radical (unpaired) electrons. The summed E-state index contributed by atoms with van der Waals surface area (Å²) in [6.07, 6.45) is 3.40. The number of halogens is 2. The molecule has 0 atom stereocenters. The average molecular weight is 366 g/mol. The van der Waals surface area contributed by atoms with Gasteiger partial charge in [0.15, 0.2) is 5.78 Å². The number of allylic oxidation sites excluding steroid dienone is 1. The van der Waals surface area contributed by atoms with Crippen molar-refractivity contribution in [2.24, 2.45) is 0 Å². The van der Waals surface area contributed by atoms with Crippen LogP contribution in [0.2, 0.25) is 0 Å². The Morgan fingerprint density at radius 1 is 1.00 bits per heavy atom. The summed E-state index contributed by atoms with van der Waals surface area (Å²) in [7, 11) is 0. The number of hydrogen-bond acceptors (Lipinski definition) is 1. The monoisotopic (exact) mass is 364 g/mol. The highest BCUT2D eigenvalue weighted by atomic mass is 79.9. The molecule has 0 saturated heterocycles. The van der Waals surface area contributed by atoms with Crippen molar-refractivity contribution in [2.75, 3.05) is 0 Å². The van der Waals surface area contributed by atoms with Crippen LogP contribution < -0.4 is 0 Å². The van der Waals surface area contributed by atoms with Crippen LogP contribution in [0.15, 0.2) is 63.6 Å². The number of benzene rings is 2. The van der Waals surface area contributed by atoms with E-state index >= 15 is 0 Å². The van der Waals surface area contributed by atoms with E-state index in [1.807, 2.05) is 48.5 Å². The molecule has 0 aliphatic carbocycles. The van der Waals surface area contributed by atoms with E-state index in [1.54, 1.807) is 12.1 Å². The standard InChI is InChI=1S/C15H10Br2O/c16-12-5-3-4-11(10-12)8-9-15(18)13-6-1-2-7-14(13)17/h1-10H/b9-8+. The highest BCUT2D eigenvalue weighted by Crippen LogP contribution is 2.18. The maximum atomic E-state index is 12.0. The van der Waals surface area contributed by atoms with Crippen LogP contribution in [-0.2, 0) is 0 Å². The summed E-state index contributed by atoms with van der Waals surface area (Å²) in [6.45, 7) is 0. The van der Waals surface area contributed by atoms with Gasteiger partial charge in [-0.25, -0.2) is 0 Å². The van der Waals surface area contributed by atoms with Crippen LogP contribution in [0.1, 0.15) is 15.9 Å². The van der Waals surface area contributed by atoms with Gasteiger partial charge in [-0.2, -0.15) is 0 Å². The van der Waals surface area contributed by atoms with E-state index in [-0.39, 0.29) is 5.78 Å². The van der Waals surface area contributed by atoms with Gasteiger partial charge in [0.2, 0.25) is 0 Å². The van der Waals surface area contributed by atoms with Crippen LogP contribution in [0.5, 0.6) is 0 Å². The number of ketones is 1. The molecule has 2 aromatic rings. The Bertz CT molecular complexity index is 603. The quantitative estimate of drug-likeness (QED) is 0.545. The molecule has 0 heterocycles. The molecule has 18 heavy (non-hydrogen) atoms. The highest BCUT2D eigenvalue weighted by Gasteiger charge is 2.05. The second-order valence-corrected chi connectivity index (χ2v) is 5.50. The molecule has 0 saturated carbocycles. The van der Waals surface area contributed by atoms with Crippen molar-refractivity contribution in [3.8, 4) is 0 Å². The summed E-state index contributed by atoms with van der Waals surface area (Å²) in [5.74, 6) is -0.0116. The first-order valence-corrected chi connectivity index (χ1v) is 6.98. The molecule has 0 amide bonds. The number of carbonyl (C=O) groups is 1. The van der Waals surface area contributed by atoms with Crippen molar-refractivity contribution in [2.45, 2.75) is 0 Å². The molecule has 0 fully saturated rings. The van der Waals surface area contributed by atoms with E-state index in [2.05, 4.69) is 31.9 Å². The van der Waals surface area contributed by atoms with E-state index < -0.39 is 0 Å². The Balaban J connectivity index is 2.20. The Morgan fingerprint density at radius 3 is 2.50 bits per heavy atom. The third-order valence-electron chi connectivity index (χ3n) is 2.42. The first-order valence-electron chi connectivity index (χ1n) is 5.39. The van der Waals surface area contributed by atoms with E-state index in [1.165, 1.54) is 0 Å². The van der Waals surface area contributed by atoms with Crippen molar-refractivity contribution in [1.29, 1.82) is 0 Å². The van der Waals surface area contributed by atoms with Gasteiger partial charge in [0.05, 0.1) is 0 Å². The lowest BCUT2D eigenvalue weighted by Gasteiger charge is -1.99. The molecule has 0 spiro atoms. The number of carbonyl (C=O) groups excluding carboxylic acids is 1. The SMILES string of the molecule is O=C(/C=C/c1cccc(Br)c1)c1ccccc1Br. The van der Waals surface area contributed by atoms with Crippen LogP contribution >= 0.6 is 31.9 Å². The Morgan fingerprint density at radius 2 is 1.78 bits per heavy atom. The molecule has 0 unspecified atom stereocenters. The minimum Gasteiger partial charge on any atom is -0.289 e. The largest absolute Gasteiger partial charge is 0.289 e. The lowest BCUT2D eigenvalue weighted by molar-refractivity contribution is 0.104. The van der Waals surface area contributed by atoms with Crippen LogP contribution in [-0.4, -0.2) is 5.78 Å². The number of hydrogen-bond donors (Lipinski definition) is 0. The normalized spacial score (nSPS) is 10.8. The van der Waals surface area contributed by atoms with Crippen molar-refractivity contribution >= 4 is 43.7 Å². The van der Waals surface area contributed by atoms with Gasteiger partial charge in [-0.15, -0.1) is 0 Å². The summed E-state index contributed by atoms with van der Waals surface area (Å²) >= 11 is 6.77. The molecule has 0 N–H and O–H groups in total. The van der Waals surface area contributed by atoms with Crippen molar-refractivity contribution < 1.29 is 4.79 Å². The lowest BCUT2D eigenvalue weighted by Crippen LogP contribution is -1.94. The van der Waals surface area contributed by atoms with Gasteiger partial charge in [0.1, 0.15) is 0 Å². The lowest BCUT2D eigenvalue weighted by atomic mass is 10.1. The maximum absolute atomic E-state index is 12.0. The Kier molecular flexibility index (Phi) is 4.50. The van der Waals surface area contributed by atoms with Gasteiger partial charge in [-0.1, -0.05) is 62.2 Å². The molecule has 2 aromatic carbocycles. The van der Waals surface area contributed by atoms with Gasteiger partial charge in [0.25, 0.3) is 0 Å². The van der Waals surface area contributed by atoms with Gasteiger partial charge in [-0.05, 0) is 35.9 Å². The zero-order valence-electron chi connectivity index (χ0n) is 9.44. The highest BCUT2D eigenvalue weighted by molar-refractivity contribution is 9.10. The molecular formula is C15H10Br2O. The molecule has 2 rings (SSSR count). The minimum atomic E-state index is -0.0116. The van der Waals surface area contributed by atoms with Crippen molar-refractivity contribution in [3.63, 3.8) is 0 Å². The van der Waals surface area contributed by atoms with Crippen LogP contribution in [0.25, 0.3) is 6.08 Å². The topological polar surface area (TPSA) is 17.1 Å². The zero-order chi connectivity index (χ0) is 13.0. The molecular weight excluding hydrogens is 356 g/mol. The predicted octanol–water partition coefficient (Wildman–Crippen LogP) is 5.11. The molecule has 0 bridgehead atoms. The summed E-state index contributed by atoms with van der Waals surface area (Å²) in [5.41, 5.74) is 1.66. The fraction of sp³-hybridized carbons (Fsp3) is 0. The second kappa shape index (κ2) is 6.12. The fourth-order valence-corrected chi connectivity index (χ4v) is 2.43. The van der Waals surface area contributed by atoms with Crippen molar-refractivity contribution in [1.82, 2.24) is 0 Å². The summed E-state index contributed by atoms with van der Waals surface area (Å²) in [6, 6.07) is 15.2. The average Bonchev–Trinajstić information content (AvgIpc) is 2.37. The third kappa shape index (κ3) is 3.40. The zero-order valence-corrected chi connectivity index (χ0v) is 12.6. The fourth-order valence-electron chi connectivity index (χ4n) is 1.53. The Labute approximate surface area is 123 Å². The third-order valence-corrected chi connectivity index (χ3v) is 3.60. The molecule has 90 valence electrons. The molecule has 3 heteroatoms. The van der Waals surface area contributed by atoms with E-state index in [0.717, 1.165) is 14.5 Å². The summed E-state index contributed by atoms with van der Waals surface area (Å²) < 4.78 is 1.81. The van der Waals surface area contributed by atoms with Crippen LogP contribution in [0.4, 0.5) is 0 Å². The van der Waals surface area contributed by atoms with Gasteiger partial charge >= 0.3 is 0 Å². The van der Waals surface area contributed by atoms with Gasteiger partial charge in [0, 0.05) is 14.5 Å². The maximum Gasteiger partial charge on any atom is 0.186 e. The summed E-state index contributed by atoms with van der Waals surface area (Å²) in [4.78, 5) is 12.0. The van der Waals surface area contributed by atoms with Crippen LogP contribution in [0.3, 0.4) is 0 Å². The molecule has 0 aromatic heterocycles. The van der Waals surface area contributed by atoms with Crippen molar-refractivity contribution in [3.05, 3.63) is 74.7 Å². The first kappa shape index (κ1) is 13.2. The Hall–Kier alpha value is -1.19. The van der Waals surface area contributed by atoms with E-state index in [0.29, 0.717) is 5.56 Å². The summed E-state index contributed by atoms with van der Waals surface area (Å²) in [5, 5.41) is 0. The van der Waals surface area contributed by atoms with Gasteiger partial charge in [-0.3, -0.25) is 4.79 Å². The molecule has 1 nitrogen and oxygen atoms in total. The van der Waals surface area contributed by atoms with E-state index in [9.17, 15) is 4.79 Å². The second-order valence-electron chi connectivity index (χ2n) is 3.73.